The summed E-state index contributed by atoms with van der Waals surface area (Å²) in [6, 6.07) is 0. The van der Waals surface area contributed by atoms with E-state index in [0.29, 0.717) is 5.41 Å². The first-order valence-corrected chi connectivity index (χ1v) is 6.30. The lowest BCUT2D eigenvalue weighted by atomic mass is 9.89. The fourth-order valence-corrected chi connectivity index (χ4v) is 4.25. The summed E-state index contributed by atoms with van der Waals surface area (Å²) in [6.07, 6.45) is 3.33. The molecule has 80 valence electrons. The molecule has 15 heavy (non-hydrogen) atoms. The van der Waals surface area contributed by atoms with Gasteiger partial charge in [0.1, 0.15) is 0 Å². The van der Waals surface area contributed by atoms with E-state index in [1.165, 1.54) is 16.0 Å². The van der Waals surface area contributed by atoms with Gasteiger partial charge in [-0.05, 0) is 35.8 Å². The lowest BCUT2D eigenvalue weighted by Gasteiger charge is -2.18. The van der Waals surface area contributed by atoms with Gasteiger partial charge < -0.3 is 5.32 Å². The van der Waals surface area contributed by atoms with Crippen molar-refractivity contribution >= 4 is 17.2 Å². The summed E-state index contributed by atoms with van der Waals surface area (Å²) in [5.41, 5.74) is 3.25. The number of hydrogen-bond donors (Lipinski definition) is 1. The zero-order chi connectivity index (χ0) is 10.6. The third kappa shape index (κ3) is 1.33. The predicted molar refractivity (Wildman–Crippen MR) is 61.5 cm³/mol. The summed E-state index contributed by atoms with van der Waals surface area (Å²) in [6.45, 7) is 5.44. The largest absolute Gasteiger partial charge is 0.351 e. The van der Waals surface area contributed by atoms with Gasteiger partial charge in [0, 0.05) is 11.4 Å². The topological polar surface area (TPSA) is 29.1 Å². The minimum absolute atomic E-state index is 0.147. The van der Waals surface area contributed by atoms with Crippen LogP contribution < -0.4 is 5.32 Å². The summed E-state index contributed by atoms with van der Waals surface area (Å²) in [5, 5.41) is 2.92. The van der Waals surface area contributed by atoms with Crippen LogP contribution in [-0.4, -0.2) is 12.5 Å². The first kappa shape index (κ1) is 9.40. The van der Waals surface area contributed by atoms with Crippen molar-refractivity contribution in [1.82, 2.24) is 5.32 Å². The molecule has 2 nitrogen and oxygen atoms in total. The van der Waals surface area contributed by atoms with E-state index in [-0.39, 0.29) is 5.91 Å². The molecule has 0 spiro atoms. The fourth-order valence-electron chi connectivity index (χ4n) is 2.70. The maximum atomic E-state index is 11.7. The van der Waals surface area contributed by atoms with Crippen molar-refractivity contribution in [2.75, 3.05) is 6.54 Å². The lowest BCUT2D eigenvalue weighted by molar-refractivity contribution is 0.0950. The summed E-state index contributed by atoms with van der Waals surface area (Å²) >= 11 is 1.72. The smallest absolute Gasteiger partial charge is 0.261 e. The Labute approximate surface area is 93.7 Å². The van der Waals surface area contributed by atoms with E-state index in [4.69, 9.17) is 0 Å². The Hall–Kier alpha value is -0.830. The molecule has 0 atom stereocenters. The highest BCUT2D eigenvalue weighted by Gasteiger charge is 2.35. The van der Waals surface area contributed by atoms with E-state index in [9.17, 15) is 4.79 Å². The molecule has 3 heteroatoms. The van der Waals surface area contributed by atoms with Crippen LogP contribution in [0.25, 0.3) is 0 Å². The molecule has 0 saturated heterocycles. The van der Waals surface area contributed by atoms with Gasteiger partial charge in [0.2, 0.25) is 0 Å². The maximum absolute atomic E-state index is 11.7. The van der Waals surface area contributed by atoms with Gasteiger partial charge in [-0.15, -0.1) is 11.3 Å². The van der Waals surface area contributed by atoms with Crippen molar-refractivity contribution in [2.45, 2.75) is 33.1 Å². The summed E-state index contributed by atoms with van der Waals surface area (Å²) in [4.78, 5) is 14.1. The molecule has 1 amide bonds. The van der Waals surface area contributed by atoms with Crippen LogP contribution in [0.5, 0.6) is 0 Å². The van der Waals surface area contributed by atoms with E-state index in [1.54, 1.807) is 11.3 Å². The van der Waals surface area contributed by atoms with E-state index in [0.717, 1.165) is 30.7 Å². The van der Waals surface area contributed by atoms with Crippen LogP contribution in [0.4, 0.5) is 0 Å². The Bertz CT molecular complexity index is 445. The van der Waals surface area contributed by atoms with Gasteiger partial charge in [0.15, 0.2) is 0 Å². The molecule has 0 aromatic carbocycles. The number of nitrogens with one attached hydrogen (secondary N) is 1. The molecule has 3 rings (SSSR count). The average Bonchev–Trinajstić information content (AvgIpc) is 2.59. The third-order valence-electron chi connectivity index (χ3n) is 3.36. The monoisotopic (exact) mass is 221 g/mol. The van der Waals surface area contributed by atoms with Crippen molar-refractivity contribution in [3.8, 4) is 0 Å². The second-order valence-corrected chi connectivity index (χ2v) is 6.44. The molecule has 1 aromatic rings. The SMILES string of the molecule is CC1(C)Cc2sc3c(c2C1)CCNC3=O. The van der Waals surface area contributed by atoms with Gasteiger partial charge in [-0.2, -0.15) is 0 Å². The zero-order valence-corrected chi connectivity index (χ0v) is 9.96. The molecule has 0 radical (unpaired) electrons. The van der Waals surface area contributed by atoms with Crippen LogP contribution in [0.15, 0.2) is 0 Å². The molecular formula is C12H15NOS. The minimum atomic E-state index is 0.147. The van der Waals surface area contributed by atoms with E-state index >= 15 is 0 Å². The van der Waals surface area contributed by atoms with Gasteiger partial charge in [-0.3, -0.25) is 4.79 Å². The van der Waals surface area contributed by atoms with Crippen LogP contribution in [0.1, 0.15) is 39.5 Å². The number of rotatable bonds is 0. The number of amides is 1. The van der Waals surface area contributed by atoms with Gasteiger partial charge in [-0.25, -0.2) is 0 Å². The standard InChI is InChI=1S/C12H15NOS/c1-12(2)5-8-7-3-4-13-11(14)10(7)15-9(8)6-12/h3-6H2,1-2H3,(H,13,14). The Morgan fingerprint density at radius 1 is 1.27 bits per heavy atom. The van der Waals surface area contributed by atoms with Crippen LogP contribution in [0.3, 0.4) is 0 Å². The molecule has 2 aliphatic rings. The molecule has 0 saturated carbocycles. The van der Waals surface area contributed by atoms with Crippen molar-refractivity contribution in [3.63, 3.8) is 0 Å². The number of thiophene rings is 1. The first-order chi connectivity index (χ1) is 7.07. The molecule has 0 fully saturated rings. The fraction of sp³-hybridized carbons (Fsp3) is 0.583. The summed E-state index contributed by atoms with van der Waals surface area (Å²) < 4.78 is 0. The Morgan fingerprint density at radius 2 is 2.07 bits per heavy atom. The number of fused-ring (bicyclic) bond motifs is 3. The van der Waals surface area contributed by atoms with Crippen LogP contribution in [0, 0.1) is 5.41 Å². The van der Waals surface area contributed by atoms with E-state index in [2.05, 4.69) is 19.2 Å². The Morgan fingerprint density at radius 3 is 2.87 bits per heavy atom. The highest BCUT2D eigenvalue weighted by molar-refractivity contribution is 7.14. The average molecular weight is 221 g/mol. The van der Waals surface area contributed by atoms with Gasteiger partial charge in [-0.1, -0.05) is 13.8 Å². The quantitative estimate of drug-likeness (QED) is 0.714. The van der Waals surface area contributed by atoms with Crippen LogP contribution in [-0.2, 0) is 19.3 Å². The van der Waals surface area contributed by atoms with Crippen molar-refractivity contribution in [1.29, 1.82) is 0 Å². The number of carbonyl (C=O) groups excluding carboxylic acids is 1. The van der Waals surface area contributed by atoms with E-state index < -0.39 is 0 Å². The molecule has 2 heterocycles. The highest BCUT2D eigenvalue weighted by Crippen LogP contribution is 2.44. The molecule has 1 aliphatic carbocycles. The summed E-state index contributed by atoms with van der Waals surface area (Å²) in [7, 11) is 0. The first-order valence-electron chi connectivity index (χ1n) is 5.48. The van der Waals surface area contributed by atoms with Gasteiger partial charge in [0.25, 0.3) is 5.91 Å². The lowest BCUT2D eigenvalue weighted by Crippen LogP contribution is -2.31. The normalized spacial score (nSPS) is 22.1. The van der Waals surface area contributed by atoms with Crippen molar-refractivity contribution in [3.05, 3.63) is 20.9 Å². The molecule has 0 unspecified atom stereocenters. The molecular weight excluding hydrogens is 206 g/mol. The number of hydrogen-bond acceptors (Lipinski definition) is 2. The highest BCUT2D eigenvalue weighted by atomic mass is 32.1. The molecule has 1 aliphatic heterocycles. The molecule has 1 aromatic heterocycles. The van der Waals surface area contributed by atoms with Crippen molar-refractivity contribution < 1.29 is 4.79 Å². The Kier molecular flexibility index (Phi) is 1.78. The van der Waals surface area contributed by atoms with Crippen molar-refractivity contribution in [2.24, 2.45) is 5.41 Å². The van der Waals surface area contributed by atoms with Crippen LogP contribution >= 0.6 is 11.3 Å². The van der Waals surface area contributed by atoms with Gasteiger partial charge in [0.05, 0.1) is 4.88 Å². The maximum Gasteiger partial charge on any atom is 0.261 e. The molecule has 0 bridgehead atoms. The zero-order valence-electron chi connectivity index (χ0n) is 9.14. The molecule has 1 N–H and O–H groups in total. The van der Waals surface area contributed by atoms with E-state index in [1.807, 2.05) is 0 Å². The minimum Gasteiger partial charge on any atom is -0.351 e. The van der Waals surface area contributed by atoms with Crippen LogP contribution in [0.2, 0.25) is 0 Å². The number of carbonyl (C=O) groups is 1. The Balaban J connectivity index is 2.10. The second kappa shape index (κ2) is 2.85. The third-order valence-corrected chi connectivity index (χ3v) is 4.63. The predicted octanol–water partition coefficient (Wildman–Crippen LogP) is 2.16. The van der Waals surface area contributed by atoms with Gasteiger partial charge >= 0.3 is 0 Å². The summed E-state index contributed by atoms with van der Waals surface area (Å²) in [5.74, 6) is 0.147. The second-order valence-electron chi connectivity index (χ2n) is 5.34.